The van der Waals surface area contributed by atoms with Crippen molar-refractivity contribution in [1.29, 1.82) is 0 Å². The van der Waals surface area contributed by atoms with Crippen LogP contribution in [-0.2, 0) is 0 Å². The van der Waals surface area contributed by atoms with Crippen LogP contribution in [0.2, 0.25) is 0 Å². The molecule has 0 aliphatic carbocycles. The van der Waals surface area contributed by atoms with Crippen molar-refractivity contribution >= 4 is 29.1 Å². The average molecular weight is 418 g/mol. The molecule has 9 nitrogen and oxygen atoms in total. The molecular formula is C22H18N4O5. The van der Waals surface area contributed by atoms with E-state index < -0.39 is 16.7 Å². The van der Waals surface area contributed by atoms with E-state index in [-0.39, 0.29) is 28.4 Å². The van der Waals surface area contributed by atoms with Crippen molar-refractivity contribution in [2.24, 2.45) is 0 Å². The molecule has 0 fully saturated rings. The van der Waals surface area contributed by atoms with Gasteiger partial charge in [0.1, 0.15) is 0 Å². The maximum atomic E-state index is 12.5. The van der Waals surface area contributed by atoms with E-state index >= 15 is 0 Å². The number of nitro groups is 1. The van der Waals surface area contributed by atoms with Crippen molar-refractivity contribution in [2.75, 3.05) is 5.32 Å². The normalized spacial score (nSPS) is 10.1. The van der Waals surface area contributed by atoms with Gasteiger partial charge < -0.3 is 5.32 Å². The van der Waals surface area contributed by atoms with Crippen LogP contribution in [0.3, 0.4) is 0 Å². The fourth-order valence-corrected chi connectivity index (χ4v) is 2.68. The molecule has 0 bridgehead atoms. The molecule has 3 amide bonds. The van der Waals surface area contributed by atoms with Gasteiger partial charge in [-0.1, -0.05) is 29.8 Å². The number of nitrogens with zero attached hydrogens (tertiary/aromatic N) is 1. The number of amides is 3. The molecule has 0 aliphatic heterocycles. The van der Waals surface area contributed by atoms with Crippen LogP contribution in [0.25, 0.3) is 0 Å². The standard InChI is InChI=1S/C22H18N4O5/c1-14-6-8-15(9-7-14)20(27)23-19-5-3-2-4-18(19)22(29)25-24-21(28)16-10-12-17(13-11-16)26(30)31/h2-13H,1H3,(H,23,27)(H,24,28)(H,25,29). The van der Waals surface area contributed by atoms with E-state index in [9.17, 15) is 24.5 Å². The number of hydrogen-bond donors (Lipinski definition) is 3. The third-order valence-corrected chi connectivity index (χ3v) is 4.36. The predicted molar refractivity (Wildman–Crippen MR) is 114 cm³/mol. The Hall–Kier alpha value is -4.53. The van der Waals surface area contributed by atoms with E-state index in [1.165, 1.54) is 30.3 Å². The predicted octanol–water partition coefficient (Wildman–Crippen LogP) is 3.23. The van der Waals surface area contributed by atoms with Crippen molar-refractivity contribution in [1.82, 2.24) is 10.9 Å². The van der Waals surface area contributed by atoms with E-state index in [1.807, 2.05) is 6.92 Å². The van der Waals surface area contributed by atoms with Crippen LogP contribution in [0.4, 0.5) is 11.4 Å². The number of hydrazine groups is 1. The number of para-hydroxylation sites is 1. The summed E-state index contributed by atoms with van der Waals surface area (Å²) in [5.74, 6) is -1.67. The molecular weight excluding hydrogens is 400 g/mol. The Balaban J connectivity index is 1.66. The number of carbonyl (C=O) groups is 3. The summed E-state index contributed by atoms with van der Waals surface area (Å²) in [5, 5.41) is 13.4. The van der Waals surface area contributed by atoms with E-state index in [4.69, 9.17) is 0 Å². The molecule has 0 radical (unpaired) electrons. The molecule has 156 valence electrons. The summed E-state index contributed by atoms with van der Waals surface area (Å²) < 4.78 is 0. The first-order chi connectivity index (χ1) is 14.8. The second kappa shape index (κ2) is 9.31. The Morgan fingerprint density at radius 2 is 1.29 bits per heavy atom. The lowest BCUT2D eigenvalue weighted by molar-refractivity contribution is -0.384. The van der Waals surface area contributed by atoms with Gasteiger partial charge in [-0.25, -0.2) is 0 Å². The highest BCUT2D eigenvalue weighted by Crippen LogP contribution is 2.17. The van der Waals surface area contributed by atoms with E-state index in [2.05, 4.69) is 16.2 Å². The monoisotopic (exact) mass is 418 g/mol. The first kappa shape index (κ1) is 21.2. The fraction of sp³-hybridized carbons (Fsp3) is 0.0455. The van der Waals surface area contributed by atoms with Crippen LogP contribution in [-0.4, -0.2) is 22.6 Å². The Morgan fingerprint density at radius 1 is 0.742 bits per heavy atom. The summed E-state index contributed by atoms with van der Waals surface area (Å²) >= 11 is 0. The highest BCUT2D eigenvalue weighted by atomic mass is 16.6. The third kappa shape index (κ3) is 5.30. The fourth-order valence-electron chi connectivity index (χ4n) is 2.68. The van der Waals surface area contributed by atoms with E-state index in [1.54, 1.807) is 42.5 Å². The molecule has 0 saturated heterocycles. The van der Waals surface area contributed by atoms with Gasteiger partial charge in [0.05, 0.1) is 16.2 Å². The van der Waals surface area contributed by atoms with Gasteiger partial charge in [0.15, 0.2) is 0 Å². The minimum atomic E-state index is -0.649. The maximum absolute atomic E-state index is 12.5. The number of benzene rings is 3. The molecule has 0 atom stereocenters. The van der Waals surface area contributed by atoms with E-state index in [0.29, 0.717) is 5.56 Å². The van der Waals surface area contributed by atoms with Crippen LogP contribution in [0.5, 0.6) is 0 Å². The quantitative estimate of drug-likeness (QED) is 0.433. The molecule has 0 unspecified atom stereocenters. The molecule has 9 heteroatoms. The summed E-state index contributed by atoms with van der Waals surface area (Å²) in [5.41, 5.74) is 6.36. The number of hydrogen-bond acceptors (Lipinski definition) is 5. The molecule has 0 aliphatic rings. The lowest BCUT2D eigenvalue weighted by Gasteiger charge is -2.12. The molecule has 31 heavy (non-hydrogen) atoms. The molecule has 3 rings (SSSR count). The van der Waals surface area contributed by atoms with Crippen molar-refractivity contribution in [3.05, 3.63) is 105 Å². The molecule has 0 aromatic heterocycles. The lowest BCUT2D eigenvalue weighted by atomic mass is 10.1. The van der Waals surface area contributed by atoms with Crippen LogP contribution < -0.4 is 16.2 Å². The Labute approximate surface area is 177 Å². The first-order valence-electron chi connectivity index (χ1n) is 9.17. The zero-order valence-corrected chi connectivity index (χ0v) is 16.4. The lowest BCUT2D eigenvalue weighted by Crippen LogP contribution is -2.41. The largest absolute Gasteiger partial charge is 0.321 e. The highest BCUT2D eigenvalue weighted by Gasteiger charge is 2.16. The van der Waals surface area contributed by atoms with Crippen molar-refractivity contribution in [2.45, 2.75) is 6.92 Å². The van der Waals surface area contributed by atoms with E-state index in [0.717, 1.165) is 5.56 Å². The number of nitrogens with one attached hydrogen (secondary N) is 3. The van der Waals surface area contributed by atoms with Crippen molar-refractivity contribution in [3.8, 4) is 0 Å². The summed E-state index contributed by atoms with van der Waals surface area (Å²) in [6.45, 7) is 1.91. The number of rotatable bonds is 5. The van der Waals surface area contributed by atoms with Crippen molar-refractivity contribution < 1.29 is 19.3 Å². The zero-order valence-electron chi connectivity index (χ0n) is 16.4. The van der Waals surface area contributed by atoms with Crippen LogP contribution in [0.15, 0.2) is 72.8 Å². The minimum Gasteiger partial charge on any atom is -0.321 e. The molecule has 3 aromatic rings. The Kier molecular flexibility index (Phi) is 6.36. The smallest absolute Gasteiger partial charge is 0.271 e. The number of aryl methyl sites for hydroxylation is 1. The second-order valence-electron chi connectivity index (χ2n) is 6.58. The maximum Gasteiger partial charge on any atom is 0.271 e. The van der Waals surface area contributed by atoms with Gasteiger partial charge in [-0.15, -0.1) is 0 Å². The zero-order chi connectivity index (χ0) is 22.4. The molecule has 0 heterocycles. The van der Waals surface area contributed by atoms with Crippen LogP contribution in [0, 0.1) is 17.0 Å². The first-order valence-corrected chi connectivity index (χ1v) is 9.17. The molecule has 0 spiro atoms. The number of anilines is 1. The number of carbonyl (C=O) groups excluding carboxylic acids is 3. The number of non-ortho nitro benzene ring substituents is 1. The molecule has 3 aromatic carbocycles. The SMILES string of the molecule is Cc1ccc(C(=O)Nc2ccccc2C(=O)NNC(=O)c2ccc([N+](=O)[O-])cc2)cc1. The van der Waals surface area contributed by atoms with Gasteiger partial charge in [-0.05, 0) is 43.3 Å². The summed E-state index contributed by atoms with van der Waals surface area (Å²) in [4.78, 5) is 47.3. The van der Waals surface area contributed by atoms with Crippen molar-refractivity contribution in [3.63, 3.8) is 0 Å². The summed E-state index contributed by atoms with van der Waals surface area (Å²) in [6, 6.07) is 18.2. The highest BCUT2D eigenvalue weighted by molar-refractivity contribution is 6.09. The Bertz CT molecular complexity index is 1140. The van der Waals surface area contributed by atoms with Gasteiger partial charge in [0, 0.05) is 23.3 Å². The second-order valence-corrected chi connectivity index (χ2v) is 6.58. The van der Waals surface area contributed by atoms with Gasteiger partial charge >= 0.3 is 0 Å². The van der Waals surface area contributed by atoms with Gasteiger partial charge in [-0.3, -0.25) is 35.3 Å². The van der Waals surface area contributed by atoms with Gasteiger partial charge in [-0.2, -0.15) is 0 Å². The number of nitro benzene ring substituents is 1. The topological polar surface area (TPSA) is 130 Å². The summed E-state index contributed by atoms with van der Waals surface area (Å²) in [6.07, 6.45) is 0. The average Bonchev–Trinajstić information content (AvgIpc) is 2.78. The van der Waals surface area contributed by atoms with Gasteiger partial charge in [0.2, 0.25) is 0 Å². The van der Waals surface area contributed by atoms with Crippen LogP contribution >= 0.6 is 0 Å². The third-order valence-electron chi connectivity index (χ3n) is 4.36. The van der Waals surface area contributed by atoms with Crippen LogP contribution in [0.1, 0.15) is 36.6 Å². The molecule has 3 N–H and O–H groups in total. The summed E-state index contributed by atoms with van der Waals surface area (Å²) in [7, 11) is 0. The molecule has 0 saturated carbocycles. The minimum absolute atomic E-state index is 0.131. The van der Waals surface area contributed by atoms with Gasteiger partial charge in [0.25, 0.3) is 23.4 Å². The Morgan fingerprint density at radius 3 is 1.94 bits per heavy atom.